The molecule has 1 heterocycles. The minimum absolute atomic E-state index is 0.274. The van der Waals surface area contributed by atoms with Gasteiger partial charge in [-0.1, -0.05) is 6.92 Å². The van der Waals surface area contributed by atoms with Crippen molar-refractivity contribution in [2.24, 2.45) is 12.0 Å². The van der Waals surface area contributed by atoms with Gasteiger partial charge in [-0.25, -0.2) is 4.39 Å². The molecule has 3 rings (SSSR count). The summed E-state index contributed by atoms with van der Waals surface area (Å²) in [6, 6.07) is 13.2. The van der Waals surface area contributed by atoms with E-state index >= 15 is 0 Å². The van der Waals surface area contributed by atoms with Crippen LogP contribution in [0.1, 0.15) is 22.2 Å². The summed E-state index contributed by atoms with van der Waals surface area (Å²) in [7, 11) is 3.45. The van der Waals surface area contributed by atoms with Crippen LogP contribution in [-0.4, -0.2) is 17.6 Å². The molecule has 0 aliphatic carbocycles. The third kappa shape index (κ3) is 3.60. The number of thiazole rings is 1. The van der Waals surface area contributed by atoms with E-state index in [9.17, 15) is 9.18 Å². The van der Waals surface area contributed by atoms with Crippen molar-refractivity contribution in [1.82, 2.24) is 4.57 Å². The number of hydrogen-bond acceptors (Lipinski definition) is 3. The Kier molecular flexibility index (Phi) is 5.32. The molecule has 134 valence electrons. The first-order chi connectivity index (χ1) is 12.5. The van der Waals surface area contributed by atoms with Gasteiger partial charge in [-0.2, -0.15) is 4.99 Å². The zero-order valence-electron chi connectivity index (χ0n) is 14.8. The van der Waals surface area contributed by atoms with Crippen LogP contribution in [-0.2, 0) is 13.5 Å². The van der Waals surface area contributed by atoms with Gasteiger partial charge in [-0.05, 0) is 60.5 Å². The summed E-state index contributed by atoms with van der Waals surface area (Å²) in [5.41, 5.74) is 2.36. The zero-order chi connectivity index (χ0) is 18.7. The zero-order valence-corrected chi connectivity index (χ0v) is 15.6. The van der Waals surface area contributed by atoms with Gasteiger partial charge in [0.1, 0.15) is 11.6 Å². The molecule has 0 aliphatic heterocycles. The molecule has 3 aromatic rings. The molecule has 1 amide bonds. The summed E-state index contributed by atoms with van der Waals surface area (Å²) >= 11 is 1.47. The van der Waals surface area contributed by atoms with E-state index < -0.39 is 0 Å². The maximum Gasteiger partial charge on any atom is 0.279 e. The SMILES string of the molecule is CCc1sc(=NC(=O)c2ccc(OC)cc2)n(C)c1-c1ccc(F)cc1. The number of hydrogen-bond donors (Lipinski definition) is 0. The van der Waals surface area contributed by atoms with Crippen molar-refractivity contribution in [3.63, 3.8) is 0 Å². The average Bonchev–Trinajstić information content (AvgIpc) is 2.98. The molecule has 0 bridgehead atoms. The Labute approximate surface area is 155 Å². The Balaban J connectivity index is 2.03. The summed E-state index contributed by atoms with van der Waals surface area (Å²) in [5.74, 6) is 0.109. The van der Waals surface area contributed by atoms with Crippen molar-refractivity contribution in [2.75, 3.05) is 7.11 Å². The summed E-state index contributed by atoms with van der Waals surface area (Å²) in [6.07, 6.45) is 0.803. The molecule has 1 aromatic heterocycles. The van der Waals surface area contributed by atoms with E-state index in [1.165, 1.54) is 23.5 Å². The van der Waals surface area contributed by atoms with Crippen LogP contribution in [0.15, 0.2) is 53.5 Å². The molecular weight excluding hydrogens is 351 g/mol. The number of amides is 1. The van der Waals surface area contributed by atoms with Crippen LogP contribution in [0.4, 0.5) is 4.39 Å². The molecule has 0 saturated carbocycles. The molecule has 26 heavy (non-hydrogen) atoms. The minimum Gasteiger partial charge on any atom is -0.497 e. The molecule has 6 heteroatoms. The predicted octanol–water partition coefficient (Wildman–Crippen LogP) is 4.20. The third-order valence-corrected chi connectivity index (χ3v) is 5.35. The normalized spacial score (nSPS) is 11.6. The van der Waals surface area contributed by atoms with Crippen LogP contribution >= 0.6 is 11.3 Å². The van der Waals surface area contributed by atoms with Gasteiger partial charge in [0.15, 0.2) is 4.80 Å². The lowest BCUT2D eigenvalue weighted by molar-refractivity contribution is 0.0998. The smallest absolute Gasteiger partial charge is 0.279 e. The van der Waals surface area contributed by atoms with Gasteiger partial charge in [-0.3, -0.25) is 4.79 Å². The monoisotopic (exact) mass is 370 g/mol. The number of methoxy groups -OCH3 is 1. The van der Waals surface area contributed by atoms with E-state index in [0.717, 1.165) is 22.6 Å². The quantitative estimate of drug-likeness (QED) is 0.691. The van der Waals surface area contributed by atoms with Gasteiger partial charge in [0, 0.05) is 17.5 Å². The van der Waals surface area contributed by atoms with Gasteiger partial charge in [0.25, 0.3) is 5.91 Å². The fourth-order valence-electron chi connectivity index (χ4n) is 2.69. The van der Waals surface area contributed by atoms with Gasteiger partial charge in [0.05, 0.1) is 12.8 Å². The number of carbonyl (C=O) groups is 1. The van der Waals surface area contributed by atoms with Gasteiger partial charge >= 0.3 is 0 Å². The van der Waals surface area contributed by atoms with E-state index in [2.05, 4.69) is 4.99 Å². The number of benzene rings is 2. The third-order valence-electron chi connectivity index (χ3n) is 4.07. The van der Waals surface area contributed by atoms with E-state index in [-0.39, 0.29) is 11.7 Å². The summed E-state index contributed by atoms with van der Waals surface area (Å²) in [6.45, 7) is 2.05. The highest BCUT2D eigenvalue weighted by Gasteiger charge is 2.13. The highest BCUT2D eigenvalue weighted by atomic mass is 32.1. The van der Waals surface area contributed by atoms with Crippen LogP contribution in [0.3, 0.4) is 0 Å². The summed E-state index contributed by atoms with van der Waals surface area (Å²) in [4.78, 5) is 18.5. The van der Waals surface area contributed by atoms with Gasteiger partial charge in [0.2, 0.25) is 0 Å². The average molecular weight is 370 g/mol. The topological polar surface area (TPSA) is 43.6 Å². The predicted molar refractivity (Wildman–Crippen MR) is 101 cm³/mol. The van der Waals surface area contributed by atoms with Crippen molar-refractivity contribution in [1.29, 1.82) is 0 Å². The lowest BCUT2D eigenvalue weighted by Gasteiger charge is -2.05. The number of halogens is 1. The van der Waals surface area contributed by atoms with Crippen LogP contribution in [0.25, 0.3) is 11.3 Å². The lowest BCUT2D eigenvalue weighted by atomic mass is 10.1. The molecular formula is C20H19FN2O2S. The lowest BCUT2D eigenvalue weighted by Crippen LogP contribution is -2.14. The number of nitrogens with zero attached hydrogens (tertiary/aromatic N) is 2. The van der Waals surface area contributed by atoms with Crippen molar-refractivity contribution in [3.8, 4) is 17.0 Å². The van der Waals surface area contributed by atoms with Crippen molar-refractivity contribution in [3.05, 3.63) is 69.6 Å². The number of rotatable bonds is 4. The molecule has 0 unspecified atom stereocenters. The molecule has 0 atom stereocenters. The number of ether oxygens (including phenoxy) is 1. The van der Waals surface area contributed by atoms with E-state index in [4.69, 9.17) is 4.74 Å². The van der Waals surface area contributed by atoms with E-state index in [1.54, 1.807) is 43.5 Å². The summed E-state index contributed by atoms with van der Waals surface area (Å²) < 4.78 is 20.2. The molecule has 0 spiro atoms. The highest BCUT2D eigenvalue weighted by molar-refractivity contribution is 7.09. The molecule has 0 saturated heterocycles. The molecule has 0 aliphatic rings. The highest BCUT2D eigenvalue weighted by Crippen LogP contribution is 2.26. The summed E-state index contributed by atoms with van der Waals surface area (Å²) in [5, 5.41) is 0. The van der Waals surface area contributed by atoms with Crippen molar-refractivity contribution in [2.45, 2.75) is 13.3 Å². The Morgan fingerprint density at radius 2 is 1.81 bits per heavy atom. The minimum atomic E-state index is -0.308. The molecule has 0 fully saturated rings. The molecule has 0 N–H and O–H groups in total. The van der Waals surface area contributed by atoms with Crippen LogP contribution < -0.4 is 9.54 Å². The fourth-order valence-corrected chi connectivity index (χ4v) is 3.77. The second-order valence-corrected chi connectivity index (χ2v) is 6.78. The van der Waals surface area contributed by atoms with Crippen LogP contribution in [0.5, 0.6) is 5.75 Å². The molecule has 4 nitrogen and oxygen atoms in total. The van der Waals surface area contributed by atoms with Crippen molar-refractivity contribution >= 4 is 17.2 Å². The number of carbonyl (C=O) groups excluding carboxylic acids is 1. The largest absolute Gasteiger partial charge is 0.497 e. The fraction of sp³-hybridized carbons (Fsp3) is 0.200. The number of aromatic nitrogens is 1. The Morgan fingerprint density at radius 1 is 1.15 bits per heavy atom. The maximum absolute atomic E-state index is 13.2. The van der Waals surface area contributed by atoms with Crippen LogP contribution in [0, 0.1) is 5.82 Å². The standard InChI is InChI=1S/C20H19FN2O2S/c1-4-17-18(13-5-9-15(21)10-6-13)23(2)20(26-17)22-19(24)14-7-11-16(25-3)12-8-14/h5-12H,4H2,1-3H3. The first-order valence-corrected chi connectivity index (χ1v) is 9.03. The van der Waals surface area contributed by atoms with Gasteiger partial charge < -0.3 is 9.30 Å². The number of aryl methyl sites for hydroxylation is 1. The van der Waals surface area contributed by atoms with E-state index in [1.807, 2.05) is 18.5 Å². The molecule has 2 aromatic carbocycles. The first kappa shape index (κ1) is 18.1. The second-order valence-electron chi connectivity index (χ2n) is 5.72. The van der Waals surface area contributed by atoms with Crippen LogP contribution in [0.2, 0.25) is 0 Å². The van der Waals surface area contributed by atoms with E-state index in [0.29, 0.717) is 16.1 Å². The van der Waals surface area contributed by atoms with Gasteiger partial charge in [-0.15, -0.1) is 11.3 Å². The Bertz CT molecular complexity index is 986. The second kappa shape index (κ2) is 7.66. The van der Waals surface area contributed by atoms with Crippen molar-refractivity contribution < 1.29 is 13.9 Å². The molecule has 0 radical (unpaired) electrons. The Morgan fingerprint density at radius 3 is 2.38 bits per heavy atom. The maximum atomic E-state index is 13.2. The first-order valence-electron chi connectivity index (χ1n) is 8.21. The Hall–Kier alpha value is -2.73.